The fourth-order valence-corrected chi connectivity index (χ4v) is 2.40. The number of rotatable bonds is 4. The van der Waals surface area contributed by atoms with Crippen molar-refractivity contribution in [3.8, 4) is 0 Å². The van der Waals surface area contributed by atoms with Crippen molar-refractivity contribution in [3.63, 3.8) is 0 Å². The van der Waals surface area contributed by atoms with Crippen LogP contribution in [0.4, 0.5) is 0 Å². The zero-order valence-corrected chi connectivity index (χ0v) is 29.4. The first-order valence-electron chi connectivity index (χ1n) is 2.21. The normalized spacial score (nSPS) is 9.23. The van der Waals surface area contributed by atoms with E-state index in [-0.39, 0.29) is 0 Å². The molecule has 13 heavy (non-hydrogen) atoms. The van der Waals surface area contributed by atoms with E-state index >= 15 is 0 Å². The van der Waals surface area contributed by atoms with Crippen molar-refractivity contribution >= 4 is 28.3 Å². The Morgan fingerprint density at radius 1 is 0.846 bits per heavy atom. The van der Waals surface area contributed by atoms with Crippen LogP contribution < -0.4 is 0 Å². The minimum absolute atomic E-state index is 0. The van der Waals surface area contributed by atoms with Gasteiger partial charge >= 0.3 is 28.3 Å². The van der Waals surface area contributed by atoms with E-state index in [9.17, 15) is 0 Å². The van der Waals surface area contributed by atoms with Gasteiger partial charge in [0.15, 0.2) is 0 Å². The van der Waals surface area contributed by atoms with E-state index in [4.69, 9.17) is 19.2 Å². The summed E-state index contributed by atoms with van der Waals surface area (Å²) in [4.78, 5) is 33.5. The average Bonchev–Trinajstić information content (AvgIpc) is 1.58. The van der Waals surface area contributed by atoms with E-state index in [0.29, 0.717) is 0 Å². The van der Waals surface area contributed by atoms with Gasteiger partial charge in [0.2, 0.25) is 0 Å². The first kappa shape index (κ1) is 22.4. The molecule has 0 aliphatic carbocycles. The molecule has 0 fully saturated rings. The largest absolute Gasteiger partial charge is 0.563 e. The fraction of sp³-hybridized carbons (Fsp3) is 1.00. The minimum Gasteiger partial charge on any atom is -0.410 e. The van der Waals surface area contributed by atoms with Crippen LogP contribution in [0.25, 0.3) is 0 Å². The predicted molar refractivity (Wildman–Crippen MR) is 34.2 cm³/mol. The maximum atomic E-state index is 8.62. The van der Waals surface area contributed by atoms with Gasteiger partial charge < -0.3 is 27.4 Å². The molecule has 0 aromatic rings. The molecule has 0 rings (SSSR count). The van der Waals surface area contributed by atoms with Crippen LogP contribution in [0.3, 0.4) is 0 Å². The summed E-state index contributed by atoms with van der Waals surface area (Å²) in [5.74, 6) is 0. The second kappa shape index (κ2) is 9.41. The molecule has 0 aliphatic heterocycles. The van der Waals surface area contributed by atoms with Crippen molar-refractivity contribution in [2.45, 2.75) is 6.55 Å². The third-order valence-electron chi connectivity index (χ3n) is 0.414. The van der Waals surface area contributed by atoms with Crippen molar-refractivity contribution in [1.29, 1.82) is 0 Å². The summed E-state index contributed by atoms with van der Waals surface area (Å²) in [6.07, 6.45) is 0. The smallest absolute Gasteiger partial charge is 0.410 e. The quantitative estimate of drug-likeness (QED) is 0.226. The second-order valence-electron chi connectivity index (χ2n) is 1.27. The fourth-order valence-electron chi connectivity index (χ4n) is 0.225. The van der Waals surface area contributed by atoms with Gasteiger partial charge in [-0.3, -0.25) is 0 Å². The third-order valence-corrected chi connectivity index (χ3v) is 3.72. The second-order valence-corrected chi connectivity index (χ2v) is 5.04. The molecule has 0 spiro atoms. The van der Waals surface area contributed by atoms with Gasteiger partial charge in [-0.15, -0.1) is 0 Å². The number of hydrogen-bond acceptors (Lipinski definition) is 6. The first-order chi connectivity index (χ1) is 4.52. The topological polar surface area (TPSA) is 99.4 Å². The molecule has 0 amide bonds. The summed E-state index contributed by atoms with van der Waals surface area (Å²) in [5, 5.41) is 0. The van der Waals surface area contributed by atoms with E-state index in [1.54, 1.807) is 0 Å². The Labute approximate surface area is 63.1 Å². The summed E-state index contributed by atoms with van der Waals surface area (Å²) < 4.78 is 8.43. The van der Waals surface area contributed by atoms with Gasteiger partial charge in [0, 0.05) is 0 Å². The van der Waals surface area contributed by atoms with Crippen LogP contribution in [0.2, 0.25) is 6.55 Å². The molecule has 0 aromatic carbocycles. The van der Waals surface area contributed by atoms with Crippen molar-refractivity contribution in [3.05, 3.63) is 0 Å². The molecule has 0 unspecified atom stereocenters. The molecule has 6 nitrogen and oxygen atoms in total. The van der Waals surface area contributed by atoms with Crippen LogP contribution in [0.15, 0.2) is 0 Å². The molecular weight excluding hydrogens is 993 g/mol. The van der Waals surface area contributed by atoms with Crippen LogP contribution in [0.5, 0.6) is 0 Å². The maximum absolute atomic E-state index is 8.62. The molecule has 0 saturated heterocycles. The van der Waals surface area contributed by atoms with Crippen molar-refractivity contribution in [2.24, 2.45) is 0 Å². The SMILES string of the molecule is C[Si](O)O[Si](O)O[Si](O)O.[Rf].[Rf].[Rf]. The summed E-state index contributed by atoms with van der Waals surface area (Å²) in [6, 6.07) is 0. The van der Waals surface area contributed by atoms with Gasteiger partial charge in [0.1, 0.15) is 0 Å². The van der Waals surface area contributed by atoms with Crippen molar-refractivity contribution in [2.75, 3.05) is 0 Å². The molecule has 0 heterocycles. The molecule has 0 atom stereocenters. The Bertz CT molecular complexity index is 85.2. The molecule has 0 aromatic heterocycles. The van der Waals surface area contributed by atoms with E-state index in [1.165, 1.54) is 6.55 Å². The van der Waals surface area contributed by atoms with Gasteiger partial charge in [-0.2, -0.15) is 0 Å². The Kier molecular flexibility index (Phi) is 16.2. The Hall–Kier alpha value is -2.59. The molecule has 0 saturated carbocycles. The summed E-state index contributed by atoms with van der Waals surface area (Å²) in [7, 11) is -7.57. The van der Waals surface area contributed by atoms with E-state index in [2.05, 4.69) is 8.23 Å². The standard InChI is InChI=1S/CH7O6Si3.3Rf/c1-8(2)6-10(5)7-9(3)4;;;/h2-5H,1H3;;;. The monoisotopic (exact) mass is 1000 g/mol. The molecular formula is CH7O6Rf3Si3. The van der Waals surface area contributed by atoms with E-state index < -0.39 is 28.3 Å². The van der Waals surface area contributed by atoms with Gasteiger partial charge in [0.25, 0.3) is 0 Å². The minimum atomic E-state index is -2.90. The molecule has 0 aliphatic rings. The van der Waals surface area contributed by atoms with Crippen LogP contribution in [0.1, 0.15) is 0 Å². The van der Waals surface area contributed by atoms with Crippen LogP contribution >= 0.6 is 0 Å². The zero-order valence-electron chi connectivity index (χ0n) is 7.23. The molecule has 4 N–H and O–H groups in total. The van der Waals surface area contributed by atoms with Gasteiger partial charge in [-0.25, -0.2) is 0 Å². The Morgan fingerprint density at radius 2 is 1.23 bits per heavy atom. The van der Waals surface area contributed by atoms with E-state index in [1.807, 2.05) is 0 Å². The average molecular weight is 1000 g/mol. The van der Waals surface area contributed by atoms with Gasteiger partial charge in [-0.05, 0) is 6.55 Å². The summed E-state index contributed by atoms with van der Waals surface area (Å²) >= 11 is 0. The zero-order chi connectivity index (χ0) is 8.15. The Balaban J connectivity index is -0.000000135. The summed E-state index contributed by atoms with van der Waals surface area (Å²) in [5.41, 5.74) is 0. The number of hydrogen-bond donors (Lipinski definition) is 4. The van der Waals surface area contributed by atoms with Gasteiger partial charge in [-0.1, -0.05) is 0 Å². The van der Waals surface area contributed by atoms with Crippen LogP contribution in [-0.4, -0.2) is 47.5 Å². The molecule has 12 heteroatoms. The Morgan fingerprint density at radius 3 is 1.46 bits per heavy atom. The first-order valence-corrected chi connectivity index (χ1v) is 6.63. The van der Waals surface area contributed by atoms with Crippen molar-refractivity contribution in [1.82, 2.24) is 0 Å². The molecule has 65 valence electrons. The maximum Gasteiger partial charge on any atom is 0.563 e. The van der Waals surface area contributed by atoms with Gasteiger partial charge in [0.05, 0.1) is 0 Å². The van der Waals surface area contributed by atoms with Crippen LogP contribution in [-0.2, 0) is 8.23 Å². The predicted octanol–water partition coefficient (Wildman–Crippen LogP) is -2.92. The third kappa shape index (κ3) is 17.7. The molecule has 3 radical (unpaired) electrons. The van der Waals surface area contributed by atoms with E-state index in [0.717, 1.165) is 0 Å². The summed E-state index contributed by atoms with van der Waals surface area (Å²) in [6.45, 7) is 1.37. The van der Waals surface area contributed by atoms with Crippen molar-refractivity contribution < 1.29 is 27.4 Å². The van der Waals surface area contributed by atoms with Crippen LogP contribution in [0, 0.1) is 0 Å². The molecule has 0 bridgehead atoms.